The first-order valence-corrected chi connectivity index (χ1v) is 35.8. The lowest BCUT2D eigenvalue weighted by Gasteiger charge is -2.21. The molecule has 504 valence electrons. The van der Waals surface area contributed by atoms with Crippen molar-refractivity contribution in [2.45, 2.75) is 232 Å². The number of carbonyl (C=O) groups excluding carboxylic acids is 3. The van der Waals surface area contributed by atoms with Crippen molar-refractivity contribution in [2.75, 3.05) is 39.6 Å². The number of esters is 3. The standard InChI is InChI=1S/C71H114O16P2/c1-4-7-10-13-16-19-22-25-28-30-32-34-37-39-42-45-48-51-54-57-69(74)81-60-66(72)61-83-88(77,78)84-62-67(73)63-85-89(79,80)86-65-68(87-71(76)59-56-53-50-47-44-41-36-27-24-21-18-15-12-9-6-3)64-82-70(75)58-55-52-49-46-43-40-38-35-33-31-29-26-23-20-17-14-11-8-5-2/h7-8,10-11,16-17,19-20,25-29,32-36,39-40,42-43,48-49,51-52,66-68,72-73H,4-6,9,12-15,18,21-24,30-31,37-38,41,44-47,50,53-65H2,1-3H3,(H,77,78)(H,79,80)/b10-7-,11-8-,19-16-,20-17-,28-25-,29-26-,34-32-,35-33-,36-27-,42-39-,43-40-,51-48-,52-49-. The fourth-order valence-corrected chi connectivity index (χ4v) is 9.38. The number of allylic oxidation sites excluding steroid dienone is 26. The summed E-state index contributed by atoms with van der Waals surface area (Å²) in [5.41, 5.74) is 0. The fraction of sp³-hybridized carbons (Fsp3) is 0.592. The summed E-state index contributed by atoms with van der Waals surface area (Å²) < 4.78 is 60.6. The Morgan fingerprint density at radius 1 is 0.326 bits per heavy atom. The van der Waals surface area contributed by atoms with Crippen LogP contribution in [0.2, 0.25) is 0 Å². The molecule has 0 amide bonds. The van der Waals surface area contributed by atoms with Gasteiger partial charge in [-0.1, -0.05) is 230 Å². The van der Waals surface area contributed by atoms with Crippen LogP contribution in [0.5, 0.6) is 0 Å². The van der Waals surface area contributed by atoms with Crippen molar-refractivity contribution >= 4 is 33.6 Å². The normalized spacial score (nSPS) is 15.3. The molecule has 0 aromatic rings. The zero-order chi connectivity index (χ0) is 65.3. The van der Waals surface area contributed by atoms with Crippen molar-refractivity contribution in [1.29, 1.82) is 0 Å². The Morgan fingerprint density at radius 3 is 0.989 bits per heavy atom. The molecule has 89 heavy (non-hydrogen) atoms. The van der Waals surface area contributed by atoms with Crippen LogP contribution in [0.3, 0.4) is 0 Å². The van der Waals surface area contributed by atoms with Crippen LogP contribution in [0.4, 0.5) is 0 Å². The molecule has 0 bridgehead atoms. The van der Waals surface area contributed by atoms with Gasteiger partial charge in [0.2, 0.25) is 0 Å². The molecule has 0 rings (SSSR count). The first kappa shape index (κ1) is 84.2. The second kappa shape index (κ2) is 63.3. The number of aliphatic hydroxyl groups excluding tert-OH is 2. The van der Waals surface area contributed by atoms with E-state index in [1.165, 1.54) is 38.5 Å². The Labute approximate surface area is 536 Å². The summed E-state index contributed by atoms with van der Waals surface area (Å²) in [5.74, 6) is -1.78. The van der Waals surface area contributed by atoms with E-state index >= 15 is 0 Å². The minimum absolute atomic E-state index is 0.0365. The predicted molar refractivity (Wildman–Crippen MR) is 362 cm³/mol. The molecular weight excluding hydrogens is 1170 g/mol. The lowest BCUT2D eigenvalue weighted by Crippen LogP contribution is -2.30. The number of hydrogen-bond acceptors (Lipinski definition) is 14. The van der Waals surface area contributed by atoms with E-state index in [1.807, 2.05) is 36.5 Å². The van der Waals surface area contributed by atoms with Gasteiger partial charge in [-0.05, 0) is 122 Å². The van der Waals surface area contributed by atoms with Gasteiger partial charge in [0.15, 0.2) is 6.10 Å². The van der Waals surface area contributed by atoms with Gasteiger partial charge in [0.05, 0.1) is 26.4 Å². The molecule has 0 aliphatic carbocycles. The lowest BCUT2D eigenvalue weighted by atomic mass is 10.1. The third kappa shape index (κ3) is 64.5. The molecule has 0 saturated carbocycles. The molecular formula is C71H114O16P2. The van der Waals surface area contributed by atoms with Gasteiger partial charge in [0, 0.05) is 19.3 Å². The van der Waals surface area contributed by atoms with Crippen LogP contribution in [0.1, 0.15) is 213 Å². The summed E-state index contributed by atoms with van der Waals surface area (Å²) in [6, 6.07) is 0. The van der Waals surface area contributed by atoms with Gasteiger partial charge in [-0.25, -0.2) is 9.13 Å². The van der Waals surface area contributed by atoms with Gasteiger partial charge in [0.1, 0.15) is 25.4 Å². The van der Waals surface area contributed by atoms with Crippen LogP contribution in [-0.4, -0.2) is 95.9 Å². The van der Waals surface area contributed by atoms with E-state index in [9.17, 15) is 43.5 Å². The molecule has 0 aliphatic heterocycles. The number of rotatable bonds is 60. The molecule has 0 saturated heterocycles. The SMILES string of the molecule is CC/C=C\C/C=C\C/C=C\C/C=C\C/C=C\C/C=C\CCC(=O)OCC(O)COP(=O)(O)OCC(O)COP(=O)(O)OCC(COC(=O)CC/C=C\C/C=C\C/C=C\C/C=C\C/C=C\C/C=C\CC)OC(=O)CCCCCCC/C=C\CCCCCCCC. The Balaban J connectivity index is 4.85. The zero-order valence-corrected chi connectivity index (χ0v) is 56.1. The van der Waals surface area contributed by atoms with Crippen LogP contribution in [0, 0.1) is 0 Å². The van der Waals surface area contributed by atoms with Gasteiger partial charge in [-0.2, -0.15) is 0 Å². The summed E-state index contributed by atoms with van der Waals surface area (Å²) >= 11 is 0. The Bertz CT molecular complexity index is 2250. The molecule has 0 heterocycles. The Hall–Kier alpha value is -4.83. The smallest absolute Gasteiger partial charge is 0.463 e. The van der Waals surface area contributed by atoms with E-state index in [2.05, 4.69) is 142 Å². The van der Waals surface area contributed by atoms with E-state index in [0.717, 1.165) is 103 Å². The van der Waals surface area contributed by atoms with Gasteiger partial charge >= 0.3 is 33.6 Å². The summed E-state index contributed by atoms with van der Waals surface area (Å²) in [5, 5.41) is 20.5. The number of phosphoric ester groups is 2. The number of unbranched alkanes of at least 4 members (excludes halogenated alkanes) is 11. The second-order valence-corrected chi connectivity index (χ2v) is 24.1. The van der Waals surface area contributed by atoms with E-state index in [0.29, 0.717) is 32.1 Å². The zero-order valence-electron chi connectivity index (χ0n) is 54.3. The van der Waals surface area contributed by atoms with Crippen molar-refractivity contribution in [1.82, 2.24) is 0 Å². The number of ether oxygens (including phenoxy) is 3. The molecule has 5 unspecified atom stereocenters. The Kier molecular flexibility index (Phi) is 59.9. The average molecular weight is 1290 g/mol. The van der Waals surface area contributed by atoms with Crippen molar-refractivity contribution in [3.63, 3.8) is 0 Å². The van der Waals surface area contributed by atoms with Crippen LogP contribution >= 0.6 is 15.6 Å². The minimum atomic E-state index is -4.95. The molecule has 0 fully saturated rings. The lowest BCUT2D eigenvalue weighted by molar-refractivity contribution is -0.161. The quantitative estimate of drug-likeness (QED) is 0.0146. The maximum atomic E-state index is 12.9. The molecule has 5 atom stereocenters. The minimum Gasteiger partial charge on any atom is -0.463 e. The average Bonchev–Trinajstić information content (AvgIpc) is 3.54. The number of hydrogen-bond donors (Lipinski definition) is 4. The molecule has 18 heteroatoms. The largest absolute Gasteiger partial charge is 0.472 e. The van der Waals surface area contributed by atoms with Gasteiger partial charge in [0.25, 0.3) is 0 Å². The Morgan fingerprint density at radius 2 is 0.618 bits per heavy atom. The molecule has 0 aromatic heterocycles. The van der Waals surface area contributed by atoms with Crippen molar-refractivity contribution in [3.8, 4) is 0 Å². The molecule has 0 aliphatic rings. The predicted octanol–water partition coefficient (Wildman–Crippen LogP) is 18.0. The van der Waals surface area contributed by atoms with Crippen molar-refractivity contribution in [2.24, 2.45) is 0 Å². The van der Waals surface area contributed by atoms with Crippen LogP contribution in [-0.2, 0) is 55.8 Å². The van der Waals surface area contributed by atoms with Gasteiger partial charge < -0.3 is 34.2 Å². The van der Waals surface area contributed by atoms with E-state index in [4.69, 9.17) is 32.3 Å². The highest BCUT2D eigenvalue weighted by atomic mass is 31.2. The third-order valence-corrected chi connectivity index (χ3v) is 14.6. The van der Waals surface area contributed by atoms with E-state index < -0.39 is 91.5 Å². The number of phosphoric acid groups is 2. The summed E-state index contributed by atoms with van der Waals surface area (Å²) in [7, 11) is -9.83. The highest BCUT2D eigenvalue weighted by molar-refractivity contribution is 7.47. The first-order valence-electron chi connectivity index (χ1n) is 32.8. The summed E-state index contributed by atoms with van der Waals surface area (Å²) in [6.07, 6.45) is 76.2. The highest BCUT2D eigenvalue weighted by Gasteiger charge is 2.29. The maximum absolute atomic E-state index is 12.9. The van der Waals surface area contributed by atoms with Crippen LogP contribution < -0.4 is 0 Å². The third-order valence-electron chi connectivity index (χ3n) is 12.7. The second-order valence-electron chi connectivity index (χ2n) is 21.1. The summed E-state index contributed by atoms with van der Waals surface area (Å²) in [6.45, 7) is 2.20. The number of aliphatic hydroxyl groups is 2. The van der Waals surface area contributed by atoms with Crippen LogP contribution in [0.25, 0.3) is 0 Å². The topological polar surface area (TPSA) is 231 Å². The molecule has 0 radical (unpaired) electrons. The molecule has 0 aromatic carbocycles. The molecule has 16 nitrogen and oxygen atoms in total. The summed E-state index contributed by atoms with van der Waals surface area (Å²) in [4.78, 5) is 58.2. The van der Waals surface area contributed by atoms with Crippen molar-refractivity contribution in [3.05, 3.63) is 158 Å². The molecule has 0 spiro atoms. The monoisotopic (exact) mass is 1280 g/mol. The van der Waals surface area contributed by atoms with E-state index in [1.54, 1.807) is 0 Å². The first-order chi connectivity index (χ1) is 43.2. The molecule has 4 N–H and O–H groups in total. The van der Waals surface area contributed by atoms with Gasteiger partial charge in [-0.15, -0.1) is 0 Å². The van der Waals surface area contributed by atoms with Crippen molar-refractivity contribution < 1.29 is 75.8 Å². The van der Waals surface area contributed by atoms with Crippen LogP contribution in [0.15, 0.2) is 158 Å². The van der Waals surface area contributed by atoms with Gasteiger partial charge in [-0.3, -0.25) is 32.5 Å². The van der Waals surface area contributed by atoms with E-state index in [-0.39, 0.29) is 19.3 Å². The fourth-order valence-electron chi connectivity index (χ4n) is 7.79. The highest BCUT2D eigenvalue weighted by Crippen LogP contribution is 2.45. The maximum Gasteiger partial charge on any atom is 0.472 e. The number of carbonyl (C=O) groups is 3.